The summed E-state index contributed by atoms with van der Waals surface area (Å²) in [7, 11) is 0. The number of esters is 1. The second kappa shape index (κ2) is 4.02. The number of carbonyl (C=O) groups is 1. The molecular formula is C13H22O3. The summed E-state index contributed by atoms with van der Waals surface area (Å²) in [4.78, 5) is 11.9. The van der Waals surface area contributed by atoms with Crippen LogP contribution in [0, 0.1) is 23.2 Å². The van der Waals surface area contributed by atoms with Crippen LogP contribution < -0.4 is 0 Å². The standard InChI is InChI=1S/C13H22O3/c1-4-8(2)5-9(7-14)16-12(15)13(3)10-6-11(10)13/h8-11,14H,4-7H2,1-3H3. The zero-order valence-electron chi connectivity index (χ0n) is 10.4. The van der Waals surface area contributed by atoms with Gasteiger partial charge in [-0.15, -0.1) is 0 Å². The Morgan fingerprint density at radius 2 is 2.19 bits per heavy atom. The molecule has 0 radical (unpaired) electrons. The molecule has 2 aliphatic carbocycles. The van der Waals surface area contributed by atoms with Crippen molar-refractivity contribution in [2.24, 2.45) is 23.2 Å². The van der Waals surface area contributed by atoms with Crippen LogP contribution in [-0.2, 0) is 9.53 Å². The Morgan fingerprint density at radius 1 is 1.56 bits per heavy atom. The minimum absolute atomic E-state index is 0.0541. The van der Waals surface area contributed by atoms with Crippen LogP contribution in [0.5, 0.6) is 0 Å². The smallest absolute Gasteiger partial charge is 0.312 e. The summed E-state index contributed by atoms with van der Waals surface area (Å²) in [5, 5.41) is 9.21. The fourth-order valence-electron chi connectivity index (χ4n) is 2.58. The van der Waals surface area contributed by atoms with Crippen LogP contribution in [0.2, 0.25) is 0 Å². The van der Waals surface area contributed by atoms with Gasteiger partial charge < -0.3 is 9.84 Å². The lowest BCUT2D eigenvalue weighted by atomic mass is 9.97. The molecule has 3 nitrogen and oxygen atoms in total. The number of hydrogen-bond acceptors (Lipinski definition) is 3. The molecule has 4 atom stereocenters. The van der Waals surface area contributed by atoms with Crippen LogP contribution in [0.25, 0.3) is 0 Å². The van der Waals surface area contributed by atoms with Gasteiger partial charge in [0, 0.05) is 0 Å². The molecule has 2 fully saturated rings. The summed E-state index contributed by atoms with van der Waals surface area (Å²) in [6, 6.07) is 0. The first-order valence-corrected chi connectivity index (χ1v) is 6.35. The van der Waals surface area contributed by atoms with Crippen LogP contribution in [0.15, 0.2) is 0 Å². The molecule has 0 amide bonds. The number of carbonyl (C=O) groups excluding carboxylic acids is 1. The van der Waals surface area contributed by atoms with Crippen molar-refractivity contribution in [3.8, 4) is 0 Å². The van der Waals surface area contributed by atoms with Gasteiger partial charge in [-0.25, -0.2) is 0 Å². The molecule has 0 aliphatic heterocycles. The van der Waals surface area contributed by atoms with Gasteiger partial charge in [-0.2, -0.15) is 0 Å². The van der Waals surface area contributed by atoms with E-state index in [1.54, 1.807) is 0 Å². The van der Waals surface area contributed by atoms with E-state index in [-0.39, 0.29) is 24.1 Å². The molecule has 0 aromatic rings. The number of aliphatic hydroxyl groups excluding tert-OH is 1. The van der Waals surface area contributed by atoms with Crippen molar-refractivity contribution in [2.45, 2.75) is 46.1 Å². The van der Waals surface area contributed by atoms with Crippen molar-refractivity contribution in [1.82, 2.24) is 0 Å². The van der Waals surface area contributed by atoms with E-state index in [1.807, 2.05) is 6.92 Å². The average Bonchev–Trinajstić information content (AvgIpc) is 3.15. The second-order valence-corrected chi connectivity index (χ2v) is 5.69. The van der Waals surface area contributed by atoms with Gasteiger partial charge in [0.15, 0.2) is 0 Å². The molecule has 4 unspecified atom stereocenters. The molecule has 2 aliphatic rings. The fraction of sp³-hybridized carbons (Fsp3) is 0.923. The number of aliphatic hydroxyl groups is 1. The van der Waals surface area contributed by atoms with Crippen LogP contribution in [0.4, 0.5) is 0 Å². The van der Waals surface area contributed by atoms with E-state index < -0.39 is 0 Å². The molecule has 0 spiro atoms. The number of ether oxygens (including phenoxy) is 1. The van der Waals surface area contributed by atoms with Crippen molar-refractivity contribution in [3.05, 3.63) is 0 Å². The lowest BCUT2D eigenvalue weighted by Crippen LogP contribution is -2.31. The number of fused-ring (bicyclic) bond motifs is 1. The van der Waals surface area contributed by atoms with Gasteiger partial charge in [0.05, 0.1) is 12.0 Å². The number of rotatable bonds is 6. The fourth-order valence-corrected chi connectivity index (χ4v) is 2.58. The molecule has 0 bridgehead atoms. The second-order valence-electron chi connectivity index (χ2n) is 5.69. The third kappa shape index (κ3) is 1.86. The van der Waals surface area contributed by atoms with E-state index in [4.69, 9.17) is 4.74 Å². The van der Waals surface area contributed by atoms with E-state index in [2.05, 4.69) is 13.8 Å². The first kappa shape index (κ1) is 11.9. The molecule has 0 saturated heterocycles. The lowest BCUT2D eigenvalue weighted by molar-refractivity contribution is -0.160. The SMILES string of the molecule is CCC(C)CC(CO)OC(=O)C1(C)C2CC21. The summed E-state index contributed by atoms with van der Waals surface area (Å²) >= 11 is 0. The highest BCUT2D eigenvalue weighted by molar-refractivity contribution is 5.83. The summed E-state index contributed by atoms with van der Waals surface area (Å²) in [6.45, 7) is 6.17. The first-order chi connectivity index (χ1) is 7.53. The van der Waals surface area contributed by atoms with Crippen molar-refractivity contribution in [3.63, 3.8) is 0 Å². The van der Waals surface area contributed by atoms with E-state index >= 15 is 0 Å². The Hall–Kier alpha value is -0.570. The van der Waals surface area contributed by atoms with Crippen LogP contribution in [0.1, 0.15) is 40.0 Å². The maximum absolute atomic E-state index is 11.9. The summed E-state index contributed by atoms with van der Waals surface area (Å²) < 4.78 is 5.41. The molecule has 2 rings (SSSR count). The summed E-state index contributed by atoms with van der Waals surface area (Å²) in [5.41, 5.74) is -0.192. The van der Waals surface area contributed by atoms with Crippen molar-refractivity contribution in [2.75, 3.05) is 6.61 Å². The molecule has 16 heavy (non-hydrogen) atoms. The quantitative estimate of drug-likeness (QED) is 0.704. The number of hydrogen-bond donors (Lipinski definition) is 1. The highest BCUT2D eigenvalue weighted by Gasteiger charge is 2.78. The van der Waals surface area contributed by atoms with Gasteiger partial charge >= 0.3 is 5.97 Å². The van der Waals surface area contributed by atoms with E-state index in [0.717, 1.165) is 12.8 Å². The molecule has 0 heterocycles. The molecule has 3 heteroatoms. The highest BCUT2D eigenvalue weighted by Crippen LogP contribution is 2.77. The Kier molecular flexibility index (Phi) is 2.99. The van der Waals surface area contributed by atoms with Gasteiger partial charge in [-0.3, -0.25) is 4.79 Å². The third-order valence-electron chi connectivity index (χ3n) is 4.50. The van der Waals surface area contributed by atoms with Gasteiger partial charge in [-0.05, 0) is 37.5 Å². The minimum Gasteiger partial charge on any atom is -0.459 e. The predicted molar refractivity (Wildman–Crippen MR) is 60.7 cm³/mol. The molecule has 1 N–H and O–H groups in total. The van der Waals surface area contributed by atoms with Crippen LogP contribution in [0.3, 0.4) is 0 Å². The Morgan fingerprint density at radius 3 is 2.56 bits per heavy atom. The van der Waals surface area contributed by atoms with E-state index in [9.17, 15) is 9.90 Å². The zero-order chi connectivity index (χ0) is 11.9. The largest absolute Gasteiger partial charge is 0.459 e. The van der Waals surface area contributed by atoms with Gasteiger partial charge in [0.25, 0.3) is 0 Å². The predicted octanol–water partition coefficient (Wildman–Crippen LogP) is 1.98. The van der Waals surface area contributed by atoms with Crippen molar-refractivity contribution in [1.29, 1.82) is 0 Å². The zero-order valence-corrected chi connectivity index (χ0v) is 10.4. The minimum atomic E-state index is -0.306. The molecule has 0 aromatic carbocycles. The highest BCUT2D eigenvalue weighted by atomic mass is 16.6. The van der Waals surface area contributed by atoms with E-state index in [0.29, 0.717) is 17.8 Å². The summed E-state index contributed by atoms with van der Waals surface area (Å²) in [6.07, 6.45) is 2.71. The Bertz CT molecular complexity index is 279. The maximum Gasteiger partial charge on any atom is 0.312 e. The molecule has 2 saturated carbocycles. The van der Waals surface area contributed by atoms with E-state index in [1.165, 1.54) is 6.42 Å². The Labute approximate surface area is 97.2 Å². The van der Waals surface area contributed by atoms with Crippen molar-refractivity contribution < 1.29 is 14.6 Å². The lowest BCUT2D eigenvalue weighted by Gasteiger charge is -2.22. The van der Waals surface area contributed by atoms with Crippen molar-refractivity contribution >= 4 is 5.97 Å². The first-order valence-electron chi connectivity index (χ1n) is 6.35. The summed E-state index contributed by atoms with van der Waals surface area (Å²) in [5.74, 6) is 1.58. The topological polar surface area (TPSA) is 46.5 Å². The van der Waals surface area contributed by atoms with Gasteiger partial charge in [0.2, 0.25) is 0 Å². The molecule has 0 aromatic heterocycles. The maximum atomic E-state index is 11.9. The Balaban J connectivity index is 1.80. The van der Waals surface area contributed by atoms with Crippen LogP contribution in [-0.4, -0.2) is 23.8 Å². The normalized spacial score (nSPS) is 38.5. The van der Waals surface area contributed by atoms with Gasteiger partial charge in [0.1, 0.15) is 6.10 Å². The van der Waals surface area contributed by atoms with Gasteiger partial charge in [-0.1, -0.05) is 20.3 Å². The third-order valence-corrected chi connectivity index (χ3v) is 4.50. The molecular weight excluding hydrogens is 204 g/mol. The molecule has 92 valence electrons. The monoisotopic (exact) mass is 226 g/mol. The average molecular weight is 226 g/mol. The van der Waals surface area contributed by atoms with Crippen LogP contribution >= 0.6 is 0 Å².